The summed E-state index contributed by atoms with van der Waals surface area (Å²) in [6.07, 6.45) is 4.33. The van der Waals surface area contributed by atoms with Crippen molar-refractivity contribution in [3.63, 3.8) is 0 Å². The molecule has 1 aromatic rings. The van der Waals surface area contributed by atoms with E-state index in [0.717, 1.165) is 19.3 Å². The Balaban J connectivity index is 2.93. The van der Waals surface area contributed by atoms with Crippen molar-refractivity contribution in [2.45, 2.75) is 45.6 Å². The molecule has 0 spiro atoms. The van der Waals surface area contributed by atoms with E-state index < -0.39 is 6.10 Å². The topological polar surface area (TPSA) is 37.3 Å². The number of halogens is 1. The quantitative estimate of drug-likeness (QED) is 0.591. The van der Waals surface area contributed by atoms with Crippen LogP contribution in [-0.4, -0.2) is 10.9 Å². The van der Waals surface area contributed by atoms with Gasteiger partial charge in [0.2, 0.25) is 0 Å². The summed E-state index contributed by atoms with van der Waals surface area (Å²) in [5.74, 6) is -0.00134. The summed E-state index contributed by atoms with van der Waals surface area (Å²) in [5.41, 5.74) is 1.20. The van der Waals surface area contributed by atoms with E-state index in [1.54, 1.807) is 24.3 Å². The molecule has 19 heavy (non-hydrogen) atoms. The van der Waals surface area contributed by atoms with Crippen LogP contribution in [0, 0.1) is 0 Å². The zero-order valence-electron chi connectivity index (χ0n) is 11.5. The highest BCUT2D eigenvalue weighted by Gasteiger charge is 2.18. The van der Waals surface area contributed by atoms with Gasteiger partial charge < -0.3 is 5.11 Å². The highest BCUT2D eigenvalue weighted by atomic mass is 35.5. The Morgan fingerprint density at radius 1 is 1.32 bits per heavy atom. The van der Waals surface area contributed by atoms with Gasteiger partial charge in [-0.05, 0) is 24.1 Å². The molecular weight excluding hydrogens is 260 g/mol. The maximum atomic E-state index is 11.9. The molecule has 3 heteroatoms. The number of aliphatic hydroxyl groups excluding tert-OH is 1. The van der Waals surface area contributed by atoms with Gasteiger partial charge in [0.1, 0.15) is 6.10 Å². The molecule has 1 aromatic carbocycles. The van der Waals surface area contributed by atoms with E-state index in [9.17, 15) is 9.90 Å². The maximum absolute atomic E-state index is 11.9. The van der Waals surface area contributed by atoms with Crippen LogP contribution in [0.4, 0.5) is 0 Å². The highest BCUT2D eigenvalue weighted by molar-refractivity contribution is 6.30. The van der Waals surface area contributed by atoms with Crippen LogP contribution < -0.4 is 0 Å². The van der Waals surface area contributed by atoms with Crippen LogP contribution in [0.2, 0.25) is 5.02 Å². The lowest BCUT2D eigenvalue weighted by atomic mass is 9.95. The average molecular weight is 281 g/mol. The molecule has 0 saturated heterocycles. The first-order chi connectivity index (χ1) is 9.10. The molecule has 104 valence electrons. The monoisotopic (exact) mass is 280 g/mol. The van der Waals surface area contributed by atoms with E-state index in [0.29, 0.717) is 22.6 Å². The Hall–Kier alpha value is -1.12. The first-order valence-electron chi connectivity index (χ1n) is 6.76. The van der Waals surface area contributed by atoms with Crippen LogP contribution >= 0.6 is 11.6 Å². The van der Waals surface area contributed by atoms with Gasteiger partial charge in [-0.15, -0.1) is 0 Å². The number of carbonyl (C=O) groups excluding carboxylic acids is 1. The van der Waals surface area contributed by atoms with Gasteiger partial charge in [0.25, 0.3) is 0 Å². The van der Waals surface area contributed by atoms with Crippen LogP contribution in [0.5, 0.6) is 0 Å². The molecule has 0 aromatic heterocycles. The number of Topliss-reactive ketones (excluding diaryl/α,β-unsaturated/α-hetero) is 1. The third-order valence-corrected chi connectivity index (χ3v) is 3.30. The van der Waals surface area contributed by atoms with Crippen LogP contribution in [-0.2, 0) is 4.79 Å². The van der Waals surface area contributed by atoms with E-state index in [4.69, 9.17) is 11.6 Å². The van der Waals surface area contributed by atoms with E-state index >= 15 is 0 Å². The van der Waals surface area contributed by atoms with Crippen molar-refractivity contribution in [2.75, 3.05) is 0 Å². The van der Waals surface area contributed by atoms with Gasteiger partial charge in [-0.3, -0.25) is 4.79 Å². The van der Waals surface area contributed by atoms with Gasteiger partial charge in [-0.1, -0.05) is 56.5 Å². The molecule has 0 bridgehead atoms. The Kier molecular flexibility index (Phi) is 6.82. The van der Waals surface area contributed by atoms with Crippen LogP contribution in [0.25, 0.3) is 0 Å². The molecule has 0 heterocycles. The summed E-state index contributed by atoms with van der Waals surface area (Å²) in [4.78, 5) is 11.9. The predicted molar refractivity (Wildman–Crippen MR) is 79.3 cm³/mol. The smallest absolute Gasteiger partial charge is 0.161 e. The summed E-state index contributed by atoms with van der Waals surface area (Å²) in [6.45, 7) is 3.91. The van der Waals surface area contributed by atoms with Crippen molar-refractivity contribution in [1.29, 1.82) is 0 Å². The third kappa shape index (κ3) is 4.81. The van der Waals surface area contributed by atoms with Gasteiger partial charge in [0.05, 0.1) is 0 Å². The second-order valence-electron chi connectivity index (χ2n) is 4.53. The number of ketones is 1. The van der Waals surface area contributed by atoms with Gasteiger partial charge in [0.15, 0.2) is 5.78 Å². The van der Waals surface area contributed by atoms with Crippen molar-refractivity contribution < 1.29 is 9.90 Å². The number of aliphatic hydroxyl groups is 1. The van der Waals surface area contributed by atoms with Gasteiger partial charge in [0, 0.05) is 17.0 Å². The number of hydrogen-bond acceptors (Lipinski definition) is 2. The van der Waals surface area contributed by atoms with E-state index in [-0.39, 0.29) is 5.78 Å². The second kappa shape index (κ2) is 8.13. The summed E-state index contributed by atoms with van der Waals surface area (Å²) < 4.78 is 0. The number of hydrogen-bond donors (Lipinski definition) is 1. The molecule has 0 aliphatic heterocycles. The number of allylic oxidation sites excluding steroid dienone is 1. The van der Waals surface area contributed by atoms with Crippen molar-refractivity contribution in [2.24, 2.45) is 0 Å². The second-order valence-corrected chi connectivity index (χ2v) is 4.97. The highest BCUT2D eigenvalue weighted by Crippen LogP contribution is 2.25. The van der Waals surface area contributed by atoms with E-state index in [1.807, 2.05) is 13.0 Å². The van der Waals surface area contributed by atoms with Crippen molar-refractivity contribution in [3.8, 4) is 0 Å². The first kappa shape index (κ1) is 15.9. The zero-order valence-corrected chi connectivity index (χ0v) is 12.3. The molecule has 1 N–H and O–H groups in total. The Labute approximate surface area is 120 Å². The van der Waals surface area contributed by atoms with E-state index in [2.05, 4.69) is 6.92 Å². The molecular formula is C16H21ClO2. The number of benzene rings is 1. The molecule has 0 fully saturated rings. The van der Waals surface area contributed by atoms with Crippen LogP contribution in [0.3, 0.4) is 0 Å². The number of carbonyl (C=O) groups is 1. The average Bonchev–Trinajstić information content (AvgIpc) is 2.43. The lowest BCUT2D eigenvalue weighted by molar-refractivity contribution is -0.116. The molecule has 0 aliphatic carbocycles. The van der Waals surface area contributed by atoms with Crippen molar-refractivity contribution in [1.82, 2.24) is 0 Å². The standard InChI is InChI=1S/C16H21ClO2/c1-3-5-6-7-14(15(18)4-2)16(19)12-8-10-13(17)11-9-12/h7-11,16,19H,3-6H2,1-2H3/b14-7+. The summed E-state index contributed by atoms with van der Waals surface area (Å²) in [7, 11) is 0. The minimum Gasteiger partial charge on any atom is -0.384 e. The SMILES string of the molecule is CCCC/C=C(\C(=O)CC)C(O)c1ccc(Cl)cc1. The predicted octanol–water partition coefficient (Wildman–Crippen LogP) is 4.47. The largest absolute Gasteiger partial charge is 0.384 e. The molecule has 0 aliphatic rings. The van der Waals surface area contributed by atoms with Crippen LogP contribution in [0.15, 0.2) is 35.9 Å². The van der Waals surface area contributed by atoms with E-state index in [1.165, 1.54) is 0 Å². The molecule has 1 atom stereocenters. The molecule has 0 amide bonds. The minimum absolute atomic E-state index is 0.00134. The maximum Gasteiger partial charge on any atom is 0.161 e. The fourth-order valence-electron chi connectivity index (χ4n) is 1.87. The summed E-state index contributed by atoms with van der Waals surface area (Å²) in [5, 5.41) is 11.0. The minimum atomic E-state index is -0.860. The van der Waals surface area contributed by atoms with Gasteiger partial charge >= 0.3 is 0 Å². The Morgan fingerprint density at radius 3 is 2.47 bits per heavy atom. The molecule has 0 saturated carbocycles. The Bertz CT molecular complexity index is 435. The first-order valence-corrected chi connectivity index (χ1v) is 7.14. The molecule has 1 rings (SSSR count). The zero-order chi connectivity index (χ0) is 14.3. The van der Waals surface area contributed by atoms with Crippen LogP contribution in [0.1, 0.15) is 51.2 Å². The van der Waals surface area contributed by atoms with Gasteiger partial charge in [-0.25, -0.2) is 0 Å². The molecule has 2 nitrogen and oxygen atoms in total. The normalized spacial score (nSPS) is 13.4. The lowest BCUT2D eigenvalue weighted by Gasteiger charge is -2.14. The lowest BCUT2D eigenvalue weighted by Crippen LogP contribution is -2.11. The molecule has 1 unspecified atom stereocenters. The molecule has 0 radical (unpaired) electrons. The third-order valence-electron chi connectivity index (χ3n) is 3.05. The number of rotatable bonds is 7. The number of unbranched alkanes of at least 4 members (excludes halogenated alkanes) is 2. The fourth-order valence-corrected chi connectivity index (χ4v) is 1.99. The Morgan fingerprint density at radius 2 is 1.95 bits per heavy atom. The van der Waals surface area contributed by atoms with Gasteiger partial charge in [-0.2, -0.15) is 0 Å². The van der Waals surface area contributed by atoms with Crippen molar-refractivity contribution >= 4 is 17.4 Å². The summed E-state index contributed by atoms with van der Waals surface area (Å²) >= 11 is 5.82. The van der Waals surface area contributed by atoms with Crippen molar-refractivity contribution in [3.05, 3.63) is 46.5 Å². The summed E-state index contributed by atoms with van der Waals surface area (Å²) in [6, 6.07) is 6.95. The fraction of sp³-hybridized carbons (Fsp3) is 0.438.